The van der Waals surface area contributed by atoms with E-state index in [2.05, 4.69) is 11.4 Å². The highest BCUT2D eigenvalue weighted by atomic mass is 35.5. The van der Waals surface area contributed by atoms with Crippen molar-refractivity contribution >= 4 is 34.9 Å². The summed E-state index contributed by atoms with van der Waals surface area (Å²) in [5.41, 5.74) is 3.67. The van der Waals surface area contributed by atoms with Crippen LogP contribution in [0.25, 0.3) is 0 Å². The smallest absolute Gasteiger partial charge is 0.337 e. The predicted octanol–water partition coefficient (Wildman–Crippen LogP) is 6.59. The normalized spacial score (nSPS) is 10.6. The lowest BCUT2D eigenvalue weighted by Gasteiger charge is -2.16. The minimum absolute atomic E-state index is 0.0349. The lowest BCUT2D eigenvalue weighted by Crippen LogP contribution is -2.05. The van der Waals surface area contributed by atoms with Crippen molar-refractivity contribution in [2.24, 2.45) is 0 Å². The zero-order chi connectivity index (χ0) is 22.4. The van der Waals surface area contributed by atoms with E-state index in [-0.39, 0.29) is 10.6 Å². The van der Waals surface area contributed by atoms with Crippen LogP contribution in [-0.4, -0.2) is 17.7 Å². The average Bonchev–Trinajstić information content (AvgIpc) is 2.73. The van der Waals surface area contributed by atoms with Crippen molar-refractivity contribution in [3.63, 3.8) is 0 Å². The van der Waals surface area contributed by atoms with Gasteiger partial charge in [0.2, 0.25) is 0 Å². The monoisotopic (exact) mass is 459 g/mol. The molecule has 0 fully saturated rings. The number of hydrogen-bond donors (Lipinski definition) is 2. The van der Waals surface area contributed by atoms with Crippen molar-refractivity contribution in [3.8, 4) is 11.5 Å². The van der Waals surface area contributed by atoms with Gasteiger partial charge < -0.3 is 19.9 Å². The van der Waals surface area contributed by atoms with E-state index in [1.165, 1.54) is 11.6 Å². The van der Waals surface area contributed by atoms with Crippen LogP contribution in [0.1, 0.15) is 34.0 Å². The fourth-order valence-corrected chi connectivity index (χ4v) is 3.47. The van der Waals surface area contributed by atoms with E-state index < -0.39 is 5.97 Å². The molecule has 0 aliphatic carbocycles. The van der Waals surface area contributed by atoms with Crippen molar-refractivity contribution < 1.29 is 19.4 Å². The molecule has 3 rings (SSSR count). The summed E-state index contributed by atoms with van der Waals surface area (Å²) in [6, 6.07) is 16.4. The van der Waals surface area contributed by atoms with Gasteiger partial charge in [-0.2, -0.15) is 0 Å². The molecule has 0 aliphatic rings. The number of ether oxygens (including phenoxy) is 2. The summed E-state index contributed by atoms with van der Waals surface area (Å²) in [6.07, 6.45) is 0. The average molecular weight is 460 g/mol. The van der Waals surface area contributed by atoms with Crippen molar-refractivity contribution in [1.82, 2.24) is 0 Å². The second-order valence-electron chi connectivity index (χ2n) is 6.95. The van der Waals surface area contributed by atoms with Gasteiger partial charge in [0.25, 0.3) is 0 Å². The Bertz CT molecular complexity index is 1090. The molecule has 0 heterocycles. The Balaban J connectivity index is 1.76. The number of carboxylic acids is 1. The number of benzene rings is 3. The Kier molecular flexibility index (Phi) is 7.66. The van der Waals surface area contributed by atoms with E-state index in [9.17, 15) is 9.90 Å². The van der Waals surface area contributed by atoms with Crippen LogP contribution in [0.15, 0.2) is 54.6 Å². The largest absolute Gasteiger partial charge is 0.490 e. The van der Waals surface area contributed by atoms with Crippen LogP contribution in [0, 0.1) is 6.92 Å². The fraction of sp³-hybridized carbons (Fsp3) is 0.208. The van der Waals surface area contributed by atoms with Gasteiger partial charge >= 0.3 is 5.97 Å². The molecule has 0 saturated heterocycles. The first-order valence-corrected chi connectivity index (χ1v) is 10.5. The first-order chi connectivity index (χ1) is 14.9. The number of nitrogens with one attached hydrogen (secondary N) is 1. The molecule has 3 aromatic carbocycles. The summed E-state index contributed by atoms with van der Waals surface area (Å²) in [5, 5.41) is 13.1. The molecule has 0 saturated carbocycles. The third-order valence-electron chi connectivity index (χ3n) is 4.57. The molecule has 2 N–H and O–H groups in total. The van der Waals surface area contributed by atoms with Crippen LogP contribution in [0.5, 0.6) is 11.5 Å². The zero-order valence-corrected chi connectivity index (χ0v) is 18.8. The summed E-state index contributed by atoms with van der Waals surface area (Å²) < 4.78 is 11.7. The van der Waals surface area contributed by atoms with Crippen molar-refractivity contribution in [1.29, 1.82) is 0 Å². The molecule has 0 bridgehead atoms. The van der Waals surface area contributed by atoms with Gasteiger partial charge in [0, 0.05) is 23.3 Å². The highest BCUT2D eigenvalue weighted by Crippen LogP contribution is 2.35. The van der Waals surface area contributed by atoms with Crippen molar-refractivity contribution in [2.75, 3.05) is 11.9 Å². The highest BCUT2D eigenvalue weighted by molar-refractivity contribution is 6.33. The Morgan fingerprint density at radius 1 is 1.00 bits per heavy atom. The van der Waals surface area contributed by atoms with Gasteiger partial charge in [0.05, 0.1) is 17.2 Å². The second kappa shape index (κ2) is 10.4. The van der Waals surface area contributed by atoms with Gasteiger partial charge in [-0.25, -0.2) is 4.79 Å². The molecular formula is C24H23Cl2NO4. The van der Waals surface area contributed by atoms with Crippen LogP contribution in [0.4, 0.5) is 5.69 Å². The first-order valence-electron chi connectivity index (χ1n) is 9.77. The molecule has 0 aromatic heterocycles. The number of halogens is 2. The molecule has 5 nitrogen and oxygen atoms in total. The van der Waals surface area contributed by atoms with Crippen LogP contribution in [-0.2, 0) is 13.2 Å². The van der Waals surface area contributed by atoms with Gasteiger partial charge in [-0.1, -0.05) is 53.0 Å². The molecule has 3 aromatic rings. The molecule has 0 aliphatic heterocycles. The Labute approximate surface area is 191 Å². The van der Waals surface area contributed by atoms with Gasteiger partial charge in [-0.15, -0.1) is 0 Å². The summed E-state index contributed by atoms with van der Waals surface area (Å²) in [7, 11) is 0. The van der Waals surface area contributed by atoms with Crippen LogP contribution >= 0.6 is 23.2 Å². The van der Waals surface area contributed by atoms with Crippen molar-refractivity contribution in [3.05, 3.63) is 86.9 Å². The Morgan fingerprint density at radius 3 is 2.48 bits per heavy atom. The Morgan fingerprint density at radius 2 is 1.77 bits per heavy atom. The van der Waals surface area contributed by atoms with E-state index in [0.717, 1.165) is 11.1 Å². The van der Waals surface area contributed by atoms with E-state index in [4.69, 9.17) is 32.7 Å². The molecule has 0 radical (unpaired) electrons. The number of hydrogen-bond acceptors (Lipinski definition) is 4. The summed E-state index contributed by atoms with van der Waals surface area (Å²) in [4.78, 5) is 11.3. The van der Waals surface area contributed by atoms with Gasteiger partial charge in [-0.05, 0) is 49.2 Å². The number of rotatable bonds is 9. The number of carbonyl (C=O) groups is 1. The quantitative estimate of drug-likeness (QED) is 0.377. The standard InChI is InChI=1S/C24H23Cl2NO4/c1-3-30-22-10-17(13-27-18-7-8-20(25)19(11-18)24(28)29)21(26)12-23(22)31-14-16-6-4-5-15(2)9-16/h4-12,27H,3,13-14H2,1-2H3,(H,28,29). The maximum Gasteiger partial charge on any atom is 0.337 e. The number of carboxylic acid groups (broad SMARTS) is 1. The molecule has 0 amide bonds. The molecule has 162 valence electrons. The van der Waals surface area contributed by atoms with Crippen LogP contribution in [0.2, 0.25) is 10.0 Å². The maximum atomic E-state index is 11.3. The molecule has 0 spiro atoms. The summed E-state index contributed by atoms with van der Waals surface area (Å²) >= 11 is 12.4. The first kappa shape index (κ1) is 22.8. The highest BCUT2D eigenvalue weighted by Gasteiger charge is 2.13. The van der Waals surface area contributed by atoms with Crippen LogP contribution in [0.3, 0.4) is 0 Å². The van der Waals surface area contributed by atoms with Crippen molar-refractivity contribution in [2.45, 2.75) is 27.0 Å². The summed E-state index contributed by atoms with van der Waals surface area (Å²) in [6.45, 7) is 5.19. The maximum absolute atomic E-state index is 11.3. The SMILES string of the molecule is CCOc1cc(CNc2ccc(Cl)c(C(=O)O)c2)c(Cl)cc1OCc1cccc(C)c1. The number of aromatic carboxylic acids is 1. The zero-order valence-electron chi connectivity index (χ0n) is 17.2. The van der Waals surface area contributed by atoms with Gasteiger partial charge in [0.1, 0.15) is 6.61 Å². The topological polar surface area (TPSA) is 67.8 Å². The molecular weight excluding hydrogens is 437 g/mol. The summed E-state index contributed by atoms with van der Waals surface area (Å²) in [5.74, 6) is 0.0795. The number of anilines is 1. The predicted molar refractivity (Wildman–Crippen MR) is 124 cm³/mol. The van der Waals surface area contributed by atoms with E-state index >= 15 is 0 Å². The van der Waals surface area contributed by atoms with Crippen LogP contribution < -0.4 is 14.8 Å². The molecule has 7 heteroatoms. The molecule has 31 heavy (non-hydrogen) atoms. The van der Waals surface area contributed by atoms with E-state index in [1.54, 1.807) is 18.2 Å². The molecule has 0 unspecified atom stereocenters. The minimum atomic E-state index is -1.08. The number of aryl methyl sites for hydroxylation is 1. The third kappa shape index (κ3) is 6.06. The lowest BCUT2D eigenvalue weighted by molar-refractivity contribution is 0.0697. The second-order valence-corrected chi connectivity index (χ2v) is 7.77. The van der Waals surface area contributed by atoms with E-state index in [0.29, 0.717) is 42.0 Å². The lowest BCUT2D eigenvalue weighted by atomic mass is 10.1. The van der Waals surface area contributed by atoms with Gasteiger partial charge in [0.15, 0.2) is 11.5 Å². The third-order valence-corrected chi connectivity index (χ3v) is 5.25. The van der Waals surface area contributed by atoms with Gasteiger partial charge in [-0.3, -0.25) is 0 Å². The Hall–Kier alpha value is -2.89. The molecule has 0 atom stereocenters. The fourth-order valence-electron chi connectivity index (χ4n) is 3.05. The minimum Gasteiger partial charge on any atom is -0.490 e. The van der Waals surface area contributed by atoms with E-state index in [1.807, 2.05) is 38.1 Å².